The fraction of sp³-hybridized carbons (Fsp3) is 0.250. The van der Waals surface area contributed by atoms with E-state index in [0.717, 1.165) is 16.8 Å². The summed E-state index contributed by atoms with van der Waals surface area (Å²) >= 11 is 0. The molecule has 0 saturated carbocycles. The van der Waals surface area contributed by atoms with E-state index in [4.69, 9.17) is 4.52 Å². The van der Waals surface area contributed by atoms with E-state index in [0.29, 0.717) is 18.9 Å². The number of carbonyl (C=O) groups is 1. The molecule has 5 nitrogen and oxygen atoms in total. The Hall–Kier alpha value is -3.02. The minimum Gasteiger partial charge on any atom is -0.339 e. The number of nitrogens with zero attached hydrogens (tertiary/aromatic N) is 3. The molecule has 2 heterocycles. The van der Waals surface area contributed by atoms with Gasteiger partial charge in [-0.2, -0.15) is 4.98 Å². The van der Waals surface area contributed by atoms with E-state index in [1.807, 2.05) is 26.0 Å². The fourth-order valence-corrected chi connectivity index (χ4v) is 3.38. The number of hydrogen-bond donors (Lipinski definition) is 0. The first-order valence-corrected chi connectivity index (χ1v) is 8.48. The highest BCUT2D eigenvalue weighted by Crippen LogP contribution is 2.33. The molecular weight excluding hydrogens is 333 g/mol. The third-order valence-corrected chi connectivity index (χ3v) is 4.55. The van der Waals surface area contributed by atoms with Gasteiger partial charge < -0.3 is 9.42 Å². The Morgan fingerprint density at radius 3 is 2.62 bits per heavy atom. The molecule has 0 aliphatic carbocycles. The van der Waals surface area contributed by atoms with E-state index in [1.54, 1.807) is 23.1 Å². The van der Waals surface area contributed by atoms with E-state index >= 15 is 0 Å². The Bertz CT molecular complexity index is 962. The molecular formula is C20H18FN3O2. The van der Waals surface area contributed by atoms with Crippen LogP contribution in [0.2, 0.25) is 0 Å². The molecule has 1 atom stereocenters. The SMILES string of the molecule is Cc1cc(C)cc(N2C[C@@H](c3nc(-c4ccccc4F)no3)CC2=O)c1. The first-order valence-electron chi connectivity index (χ1n) is 8.48. The van der Waals surface area contributed by atoms with Gasteiger partial charge in [-0.1, -0.05) is 23.4 Å². The maximum absolute atomic E-state index is 13.9. The van der Waals surface area contributed by atoms with Crippen LogP contribution in [0.5, 0.6) is 0 Å². The first kappa shape index (κ1) is 16.4. The lowest BCUT2D eigenvalue weighted by atomic mass is 10.1. The largest absolute Gasteiger partial charge is 0.339 e. The molecule has 1 amide bonds. The van der Waals surface area contributed by atoms with Crippen molar-refractivity contribution in [2.75, 3.05) is 11.4 Å². The number of benzene rings is 2. The molecule has 1 saturated heterocycles. The third kappa shape index (κ3) is 2.98. The van der Waals surface area contributed by atoms with Crippen LogP contribution in [0, 0.1) is 19.7 Å². The van der Waals surface area contributed by atoms with Gasteiger partial charge in [-0.15, -0.1) is 0 Å². The smallest absolute Gasteiger partial charge is 0.232 e. The second kappa shape index (κ2) is 6.37. The van der Waals surface area contributed by atoms with Crippen LogP contribution in [0.1, 0.15) is 29.4 Å². The molecule has 1 fully saturated rings. The summed E-state index contributed by atoms with van der Waals surface area (Å²) in [7, 11) is 0. The van der Waals surface area contributed by atoms with Crippen molar-refractivity contribution >= 4 is 11.6 Å². The van der Waals surface area contributed by atoms with E-state index in [-0.39, 0.29) is 23.2 Å². The van der Waals surface area contributed by atoms with Crippen molar-refractivity contribution in [1.29, 1.82) is 0 Å². The van der Waals surface area contributed by atoms with Gasteiger partial charge in [0.25, 0.3) is 0 Å². The van der Waals surface area contributed by atoms with E-state index < -0.39 is 5.82 Å². The van der Waals surface area contributed by atoms with Crippen molar-refractivity contribution in [3.05, 3.63) is 65.3 Å². The number of anilines is 1. The maximum Gasteiger partial charge on any atom is 0.232 e. The van der Waals surface area contributed by atoms with Gasteiger partial charge in [-0.3, -0.25) is 4.79 Å². The number of hydrogen-bond acceptors (Lipinski definition) is 4. The van der Waals surface area contributed by atoms with Crippen LogP contribution in [-0.2, 0) is 4.79 Å². The fourth-order valence-electron chi connectivity index (χ4n) is 3.38. The molecule has 4 rings (SSSR count). The van der Waals surface area contributed by atoms with Crippen molar-refractivity contribution in [3.63, 3.8) is 0 Å². The molecule has 0 spiro atoms. The molecule has 1 aliphatic rings. The van der Waals surface area contributed by atoms with Crippen LogP contribution in [-0.4, -0.2) is 22.6 Å². The Kier molecular flexibility index (Phi) is 4.03. The monoisotopic (exact) mass is 351 g/mol. The summed E-state index contributed by atoms with van der Waals surface area (Å²) < 4.78 is 19.2. The quantitative estimate of drug-likeness (QED) is 0.715. The van der Waals surface area contributed by atoms with Gasteiger partial charge in [0.2, 0.25) is 17.6 Å². The lowest BCUT2D eigenvalue weighted by molar-refractivity contribution is -0.117. The van der Waals surface area contributed by atoms with Gasteiger partial charge in [-0.05, 0) is 49.2 Å². The summed E-state index contributed by atoms with van der Waals surface area (Å²) in [5.74, 6) is -0.0138. The summed E-state index contributed by atoms with van der Waals surface area (Å²) in [6, 6.07) is 12.3. The summed E-state index contributed by atoms with van der Waals surface area (Å²) in [4.78, 5) is 18.6. The zero-order valence-corrected chi connectivity index (χ0v) is 14.6. The molecule has 2 aromatic carbocycles. The number of aryl methyl sites for hydroxylation is 2. The molecule has 0 N–H and O–H groups in total. The predicted octanol–water partition coefficient (Wildman–Crippen LogP) is 4.01. The second-order valence-electron chi connectivity index (χ2n) is 6.69. The van der Waals surface area contributed by atoms with E-state index in [1.165, 1.54) is 6.07 Å². The highest BCUT2D eigenvalue weighted by Gasteiger charge is 2.35. The molecule has 26 heavy (non-hydrogen) atoms. The summed E-state index contributed by atoms with van der Waals surface area (Å²) in [6.07, 6.45) is 0.298. The van der Waals surface area contributed by atoms with Crippen LogP contribution in [0.25, 0.3) is 11.4 Å². The van der Waals surface area contributed by atoms with E-state index in [2.05, 4.69) is 16.2 Å². The number of aromatic nitrogens is 2. The normalized spacial score (nSPS) is 17.1. The molecule has 0 bridgehead atoms. The minimum atomic E-state index is -0.404. The van der Waals surface area contributed by atoms with Crippen molar-refractivity contribution < 1.29 is 13.7 Å². The summed E-state index contributed by atoms with van der Waals surface area (Å²) in [6.45, 7) is 4.49. The number of rotatable bonds is 3. The Morgan fingerprint density at radius 2 is 1.88 bits per heavy atom. The highest BCUT2D eigenvalue weighted by atomic mass is 19.1. The van der Waals surface area contributed by atoms with Crippen LogP contribution in [0.3, 0.4) is 0 Å². The average molecular weight is 351 g/mol. The van der Waals surface area contributed by atoms with Gasteiger partial charge in [0.15, 0.2) is 0 Å². The Morgan fingerprint density at radius 1 is 1.15 bits per heavy atom. The molecule has 0 radical (unpaired) electrons. The maximum atomic E-state index is 13.9. The third-order valence-electron chi connectivity index (χ3n) is 4.55. The van der Waals surface area contributed by atoms with Crippen molar-refractivity contribution in [1.82, 2.24) is 10.1 Å². The lowest BCUT2D eigenvalue weighted by Gasteiger charge is -2.17. The zero-order chi connectivity index (χ0) is 18.3. The topological polar surface area (TPSA) is 59.2 Å². The molecule has 132 valence electrons. The van der Waals surface area contributed by atoms with E-state index in [9.17, 15) is 9.18 Å². The first-order chi connectivity index (χ1) is 12.5. The van der Waals surface area contributed by atoms with Gasteiger partial charge in [0.1, 0.15) is 5.82 Å². The molecule has 0 unspecified atom stereocenters. The highest BCUT2D eigenvalue weighted by molar-refractivity contribution is 5.96. The number of carbonyl (C=O) groups excluding carboxylic acids is 1. The van der Waals surface area contributed by atoms with Crippen molar-refractivity contribution in [2.24, 2.45) is 0 Å². The molecule has 3 aromatic rings. The van der Waals surface area contributed by atoms with Gasteiger partial charge >= 0.3 is 0 Å². The molecule has 1 aliphatic heterocycles. The summed E-state index contributed by atoms with van der Waals surface area (Å²) in [5, 5.41) is 3.89. The average Bonchev–Trinajstić information content (AvgIpc) is 3.21. The Labute approximate surface area is 150 Å². The van der Waals surface area contributed by atoms with Crippen LogP contribution < -0.4 is 4.90 Å². The van der Waals surface area contributed by atoms with Crippen LogP contribution in [0.4, 0.5) is 10.1 Å². The number of amides is 1. The predicted molar refractivity (Wildman–Crippen MR) is 95.3 cm³/mol. The standard InChI is InChI=1S/C20H18FN3O2/c1-12-7-13(2)9-15(8-12)24-11-14(10-18(24)25)20-22-19(23-26-20)16-5-3-4-6-17(16)21/h3-9,14H,10-11H2,1-2H3/t14-/m0/s1. The Balaban J connectivity index is 1.59. The zero-order valence-electron chi connectivity index (χ0n) is 14.6. The van der Waals surface area contributed by atoms with Gasteiger partial charge in [0.05, 0.1) is 11.5 Å². The van der Waals surface area contributed by atoms with Crippen molar-refractivity contribution in [3.8, 4) is 11.4 Å². The molecule has 6 heteroatoms. The van der Waals surface area contributed by atoms with Gasteiger partial charge in [-0.25, -0.2) is 4.39 Å². The summed E-state index contributed by atoms with van der Waals surface area (Å²) in [5.41, 5.74) is 3.38. The van der Waals surface area contributed by atoms with Crippen LogP contribution in [0.15, 0.2) is 47.0 Å². The molecule has 1 aromatic heterocycles. The lowest BCUT2D eigenvalue weighted by Crippen LogP contribution is -2.24. The number of halogens is 1. The van der Waals surface area contributed by atoms with Crippen molar-refractivity contribution in [2.45, 2.75) is 26.2 Å². The second-order valence-corrected chi connectivity index (χ2v) is 6.69. The van der Waals surface area contributed by atoms with Crippen LogP contribution >= 0.6 is 0 Å². The minimum absolute atomic E-state index is 0.0191. The van der Waals surface area contributed by atoms with Gasteiger partial charge in [0, 0.05) is 18.7 Å².